The summed E-state index contributed by atoms with van der Waals surface area (Å²) in [5.74, 6) is 1.44. The quantitative estimate of drug-likeness (QED) is 0.439. The van der Waals surface area contributed by atoms with Gasteiger partial charge >= 0.3 is 0 Å². The molecule has 12 nitrogen and oxygen atoms in total. The molecule has 14 heteroatoms. The highest BCUT2D eigenvalue weighted by Gasteiger charge is 2.33. The summed E-state index contributed by atoms with van der Waals surface area (Å²) in [5, 5.41) is 18.1. The Morgan fingerprint density at radius 1 is 1.12 bits per heavy atom. The molecule has 5 heterocycles. The van der Waals surface area contributed by atoms with Crippen molar-refractivity contribution in [3.8, 4) is 6.07 Å². The van der Waals surface area contributed by atoms with E-state index in [4.69, 9.17) is 21.7 Å². The normalized spacial score (nSPS) is 21.4. The van der Waals surface area contributed by atoms with Crippen molar-refractivity contribution in [3.05, 3.63) is 46.6 Å². The van der Waals surface area contributed by atoms with E-state index < -0.39 is 10.0 Å². The van der Waals surface area contributed by atoms with E-state index >= 15 is 0 Å². The molecule has 0 bridgehead atoms. The SMILES string of the molecule is CS(=O)(=O)Nc1ccc(Cl)cc1C(=O)N1CCCC[C@@H]1c1cc2nc(N3CCC3)cc(N3CCN[C@H](C#N)C3)n2n1. The first-order valence-electron chi connectivity index (χ1n) is 13.8. The maximum Gasteiger partial charge on any atom is 0.256 e. The Bertz CT molecular complexity index is 1630. The van der Waals surface area contributed by atoms with Gasteiger partial charge in [0.25, 0.3) is 5.91 Å². The van der Waals surface area contributed by atoms with Crippen LogP contribution in [0.4, 0.5) is 17.3 Å². The molecule has 1 amide bonds. The Labute approximate surface area is 243 Å². The topological polar surface area (TPSA) is 139 Å². The molecule has 6 rings (SSSR count). The zero-order chi connectivity index (χ0) is 28.7. The van der Waals surface area contributed by atoms with Gasteiger partial charge in [-0.1, -0.05) is 11.6 Å². The molecule has 0 radical (unpaired) electrons. The van der Waals surface area contributed by atoms with Crippen molar-refractivity contribution in [3.63, 3.8) is 0 Å². The standard InChI is InChI=1S/C27H32ClN9O3S/c1-41(39,40)33-21-7-6-18(28)13-20(21)27(38)36-11-3-2-5-23(36)22-14-25-31-24(34-9-4-10-34)15-26(37(25)32-22)35-12-8-30-19(16-29)17-35/h6-7,13-15,19,23,30,33H,2-5,8-12,17H2,1H3/t19-,23-/m1/s1. The van der Waals surface area contributed by atoms with Gasteiger partial charge in [0.1, 0.15) is 17.7 Å². The van der Waals surface area contributed by atoms with Gasteiger partial charge in [-0.05, 0) is 43.9 Å². The van der Waals surface area contributed by atoms with Crippen LogP contribution in [0.5, 0.6) is 0 Å². The number of hydrogen-bond donors (Lipinski definition) is 2. The summed E-state index contributed by atoms with van der Waals surface area (Å²) in [4.78, 5) is 25.0. The van der Waals surface area contributed by atoms with E-state index in [2.05, 4.69) is 25.9 Å². The molecular formula is C27H32ClN9O3S. The molecule has 3 aliphatic rings. The van der Waals surface area contributed by atoms with Crippen molar-refractivity contribution >= 4 is 50.5 Å². The third kappa shape index (κ3) is 5.64. The second-order valence-electron chi connectivity index (χ2n) is 10.8. The predicted octanol–water partition coefficient (Wildman–Crippen LogP) is 2.63. The maximum absolute atomic E-state index is 14.0. The molecule has 3 saturated heterocycles. The molecule has 3 aromatic rings. The van der Waals surface area contributed by atoms with Crippen molar-refractivity contribution in [1.82, 2.24) is 24.8 Å². The van der Waals surface area contributed by atoms with Crippen LogP contribution in [0.3, 0.4) is 0 Å². The molecule has 216 valence electrons. The number of aromatic nitrogens is 3. The number of nitrogens with zero attached hydrogens (tertiary/aromatic N) is 7. The summed E-state index contributed by atoms with van der Waals surface area (Å²) >= 11 is 6.24. The molecule has 1 aromatic carbocycles. The average Bonchev–Trinajstić information content (AvgIpc) is 3.36. The highest BCUT2D eigenvalue weighted by Crippen LogP contribution is 2.35. The maximum atomic E-state index is 14.0. The monoisotopic (exact) mass is 597 g/mol. The average molecular weight is 598 g/mol. The van der Waals surface area contributed by atoms with Gasteiger partial charge in [0.2, 0.25) is 10.0 Å². The van der Waals surface area contributed by atoms with Crippen LogP contribution in [-0.4, -0.2) is 85.4 Å². The fourth-order valence-corrected chi connectivity index (χ4v) is 6.47. The van der Waals surface area contributed by atoms with Gasteiger partial charge in [-0.3, -0.25) is 14.8 Å². The summed E-state index contributed by atoms with van der Waals surface area (Å²) in [6.45, 7) is 4.33. The van der Waals surface area contributed by atoms with Crippen LogP contribution in [0, 0.1) is 11.3 Å². The molecule has 0 aliphatic carbocycles. The Balaban J connectivity index is 1.39. The number of likely N-dealkylation sites (tertiary alicyclic amines) is 1. The van der Waals surface area contributed by atoms with Gasteiger partial charge in [-0.25, -0.2) is 13.4 Å². The number of benzene rings is 1. The first-order valence-corrected chi connectivity index (χ1v) is 16.1. The summed E-state index contributed by atoms with van der Waals surface area (Å²) in [6, 6.07) is 10.3. The first-order chi connectivity index (χ1) is 19.7. The van der Waals surface area contributed by atoms with Gasteiger partial charge in [0, 0.05) is 56.4 Å². The van der Waals surface area contributed by atoms with Crippen LogP contribution >= 0.6 is 11.6 Å². The highest BCUT2D eigenvalue weighted by atomic mass is 35.5. The third-order valence-electron chi connectivity index (χ3n) is 7.86. The van der Waals surface area contributed by atoms with Gasteiger partial charge in [0.05, 0.1) is 35.3 Å². The van der Waals surface area contributed by atoms with Crippen molar-refractivity contribution in [1.29, 1.82) is 5.26 Å². The lowest BCUT2D eigenvalue weighted by molar-refractivity contribution is 0.0607. The predicted molar refractivity (Wildman–Crippen MR) is 157 cm³/mol. The molecule has 0 spiro atoms. The number of nitrogens with one attached hydrogen (secondary N) is 2. The summed E-state index contributed by atoms with van der Waals surface area (Å²) in [5.41, 5.74) is 1.79. The smallest absolute Gasteiger partial charge is 0.256 e. The van der Waals surface area contributed by atoms with E-state index in [0.717, 1.165) is 62.5 Å². The van der Waals surface area contributed by atoms with Crippen LogP contribution in [0.15, 0.2) is 30.3 Å². The number of rotatable bonds is 6. The number of carbonyl (C=O) groups is 1. The van der Waals surface area contributed by atoms with Gasteiger partial charge in [-0.15, -0.1) is 0 Å². The number of hydrogen-bond acceptors (Lipinski definition) is 9. The minimum absolute atomic E-state index is 0.190. The van der Waals surface area contributed by atoms with Gasteiger partial charge < -0.3 is 14.7 Å². The number of piperidine rings is 1. The van der Waals surface area contributed by atoms with E-state index in [-0.39, 0.29) is 29.2 Å². The second-order valence-corrected chi connectivity index (χ2v) is 13.0. The largest absolute Gasteiger partial charge is 0.356 e. The molecule has 3 fully saturated rings. The van der Waals surface area contributed by atoms with E-state index in [1.54, 1.807) is 11.0 Å². The zero-order valence-corrected chi connectivity index (χ0v) is 24.3. The number of amides is 1. The zero-order valence-electron chi connectivity index (χ0n) is 22.8. The van der Waals surface area contributed by atoms with Gasteiger partial charge in [-0.2, -0.15) is 14.9 Å². The number of halogens is 1. The van der Waals surface area contributed by atoms with Crippen molar-refractivity contribution in [2.24, 2.45) is 0 Å². The number of anilines is 3. The molecule has 0 saturated carbocycles. The van der Waals surface area contributed by atoms with Crippen LogP contribution in [0.2, 0.25) is 5.02 Å². The van der Waals surface area contributed by atoms with E-state index in [0.29, 0.717) is 36.7 Å². The summed E-state index contributed by atoms with van der Waals surface area (Å²) < 4.78 is 28.3. The fourth-order valence-electron chi connectivity index (χ4n) is 5.72. The second kappa shape index (κ2) is 11.0. The lowest BCUT2D eigenvalue weighted by Crippen LogP contribution is -2.50. The highest BCUT2D eigenvalue weighted by molar-refractivity contribution is 7.92. The molecule has 0 unspecified atom stereocenters. The van der Waals surface area contributed by atoms with Crippen LogP contribution in [0.1, 0.15) is 47.8 Å². The lowest BCUT2D eigenvalue weighted by atomic mass is 9.98. The Hall–Kier alpha value is -3.60. The molecule has 2 aromatic heterocycles. The Morgan fingerprint density at radius 2 is 1.95 bits per heavy atom. The number of fused-ring (bicyclic) bond motifs is 1. The molecular weight excluding hydrogens is 566 g/mol. The fraction of sp³-hybridized carbons (Fsp3) is 0.481. The van der Waals surface area contributed by atoms with E-state index in [1.165, 1.54) is 12.1 Å². The van der Waals surface area contributed by atoms with E-state index in [1.807, 2.05) is 16.6 Å². The summed E-state index contributed by atoms with van der Waals surface area (Å²) in [7, 11) is -3.61. The summed E-state index contributed by atoms with van der Waals surface area (Å²) in [6.07, 6.45) is 4.63. The van der Waals surface area contributed by atoms with Gasteiger partial charge in [0.15, 0.2) is 5.65 Å². The van der Waals surface area contributed by atoms with Crippen LogP contribution in [-0.2, 0) is 10.0 Å². The lowest BCUT2D eigenvalue weighted by Gasteiger charge is -2.35. The Kier molecular flexibility index (Phi) is 7.39. The first kappa shape index (κ1) is 27.6. The Morgan fingerprint density at radius 3 is 2.68 bits per heavy atom. The molecule has 3 aliphatic heterocycles. The number of carbonyl (C=O) groups excluding carboxylic acids is 1. The number of sulfonamides is 1. The number of piperazine rings is 1. The van der Waals surface area contributed by atoms with Crippen molar-refractivity contribution < 1.29 is 13.2 Å². The minimum atomic E-state index is -3.61. The minimum Gasteiger partial charge on any atom is -0.356 e. The third-order valence-corrected chi connectivity index (χ3v) is 8.69. The molecule has 41 heavy (non-hydrogen) atoms. The number of nitriles is 1. The van der Waals surface area contributed by atoms with Crippen molar-refractivity contribution in [2.45, 2.75) is 37.8 Å². The van der Waals surface area contributed by atoms with Crippen LogP contribution in [0.25, 0.3) is 5.65 Å². The molecule has 2 N–H and O–H groups in total. The van der Waals surface area contributed by atoms with E-state index in [9.17, 15) is 18.5 Å². The van der Waals surface area contributed by atoms with Crippen LogP contribution < -0.4 is 19.8 Å². The molecule has 2 atom stereocenters. The van der Waals surface area contributed by atoms with Crippen molar-refractivity contribution in [2.75, 3.05) is 60.0 Å².